The van der Waals surface area contributed by atoms with Crippen LogP contribution >= 0.6 is 11.6 Å². The fourth-order valence-electron chi connectivity index (χ4n) is 2.00. The first-order valence-electron chi connectivity index (χ1n) is 8.30. The Bertz CT molecular complexity index is 861. The summed E-state index contributed by atoms with van der Waals surface area (Å²) < 4.78 is 0. The predicted octanol–water partition coefficient (Wildman–Crippen LogP) is 3.41. The van der Waals surface area contributed by atoms with Crippen LogP contribution in [0.1, 0.15) is 29.8 Å². The van der Waals surface area contributed by atoms with Crippen LogP contribution in [0.3, 0.4) is 0 Å². The van der Waals surface area contributed by atoms with Crippen molar-refractivity contribution < 1.29 is 14.4 Å². The number of benzene rings is 2. The van der Waals surface area contributed by atoms with Crippen LogP contribution in [0, 0.1) is 5.92 Å². The molecule has 0 bridgehead atoms. The SMILES string of the molecule is CC(C)C(=O)Nc1ccc(C(=O)NNC(=O)C=Cc2ccccc2Cl)cc1. The van der Waals surface area contributed by atoms with Crippen LogP contribution in [-0.2, 0) is 9.59 Å². The highest BCUT2D eigenvalue weighted by molar-refractivity contribution is 6.32. The summed E-state index contributed by atoms with van der Waals surface area (Å²) in [6, 6.07) is 13.4. The number of anilines is 1. The lowest BCUT2D eigenvalue weighted by atomic mass is 10.1. The van der Waals surface area contributed by atoms with Crippen molar-refractivity contribution in [3.63, 3.8) is 0 Å². The largest absolute Gasteiger partial charge is 0.326 e. The fraction of sp³-hybridized carbons (Fsp3) is 0.150. The molecule has 0 aliphatic rings. The molecule has 6 nitrogen and oxygen atoms in total. The van der Waals surface area contributed by atoms with Gasteiger partial charge in [-0.15, -0.1) is 0 Å². The summed E-state index contributed by atoms with van der Waals surface area (Å²) in [6.45, 7) is 3.58. The summed E-state index contributed by atoms with van der Waals surface area (Å²) in [6.07, 6.45) is 2.82. The van der Waals surface area contributed by atoms with Gasteiger partial charge in [-0.1, -0.05) is 43.6 Å². The molecule has 3 N–H and O–H groups in total. The molecule has 2 aromatic rings. The van der Waals surface area contributed by atoms with Gasteiger partial charge in [-0.3, -0.25) is 25.2 Å². The lowest BCUT2D eigenvalue weighted by Gasteiger charge is -2.09. The molecule has 0 aliphatic heterocycles. The van der Waals surface area contributed by atoms with Gasteiger partial charge in [0.2, 0.25) is 5.91 Å². The second-order valence-electron chi connectivity index (χ2n) is 6.02. The van der Waals surface area contributed by atoms with Crippen LogP contribution in [0.15, 0.2) is 54.6 Å². The van der Waals surface area contributed by atoms with Crippen molar-refractivity contribution in [2.24, 2.45) is 5.92 Å². The minimum atomic E-state index is -0.496. The maximum Gasteiger partial charge on any atom is 0.269 e. The van der Waals surface area contributed by atoms with Crippen molar-refractivity contribution in [2.45, 2.75) is 13.8 Å². The zero-order valence-corrected chi connectivity index (χ0v) is 15.7. The van der Waals surface area contributed by atoms with Crippen molar-refractivity contribution in [1.82, 2.24) is 10.9 Å². The van der Waals surface area contributed by atoms with Crippen LogP contribution in [0.2, 0.25) is 5.02 Å². The number of amides is 3. The first-order valence-corrected chi connectivity index (χ1v) is 8.68. The van der Waals surface area contributed by atoms with Crippen molar-refractivity contribution in [3.8, 4) is 0 Å². The molecule has 2 rings (SSSR count). The summed E-state index contributed by atoms with van der Waals surface area (Å²) in [5, 5.41) is 3.26. The zero-order valence-electron chi connectivity index (χ0n) is 15.0. The van der Waals surface area contributed by atoms with Gasteiger partial charge in [-0.25, -0.2) is 0 Å². The highest BCUT2D eigenvalue weighted by Crippen LogP contribution is 2.16. The second-order valence-corrected chi connectivity index (χ2v) is 6.43. The average molecular weight is 386 g/mol. The van der Waals surface area contributed by atoms with E-state index in [0.29, 0.717) is 21.8 Å². The minimum Gasteiger partial charge on any atom is -0.326 e. The van der Waals surface area contributed by atoms with E-state index in [0.717, 1.165) is 0 Å². The van der Waals surface area contributed by atoms with Crippen LogP contribution in [-0.4, -0.2) is 17.7 Å². The van der Waals surface area contributed by atoms with E-state index in [4.69, 9.17) is 11.6 Å². The van der Waals surface area contributed by atoms with Crippen molar-refractivity contribution in [1.29, 1.82) is 0 Å². The molecule has 0 radical (unpaired) electrons. The monoisotopic (exact) mass is 385 g/mol. The number of halogens is 1. The van der Waals surface area contributed by atoms with Crippen LogP contribution in [0.4, 0.5) is 5.69 Å². The molecule has 0 aliphatic carbocycles. The predicted molar refractivity (Wildman–Crippen MR) is 106 cm³/mol. The summed E-state index contributed by atoms with van der Waals surface area (Å²) in [7, 11) is 0. The van der Waals surface area contributed by atoms with E-state index in [-0.39, 0.29) is 11.8 Å². The van der Waals surface area contributed by atoms with E-state index in [2.05, 4.69) is 16.2 Å². The Labute approximate surface area is 162 Å². The molecule has 0 atom stereocenters. The Morgan fingerprint density at radius 2 is 1.63 bits per heavy atom. The maximum atomic E-state index is 12.1. The van der Waals surface area contributed by atoms with Gasteiger partial charge in [0.15, 0.2) is 0 Å². The number of rotatable bonds is 5. The normalized spacial score (nSPS) is 10.7. The smallest absolute Gasteiger partial charge is 0.269 e. The quantitative estimate of drug-likeness (QED) is 0.544. The Kier molecular flexibility index (Phi) is 7.14. The fourth-order valence-corrected chi connectivity index (χ4v) is 2.20. The van der Waals surface area contributed by atoms with Crippen molar-refractivity contribution >= 4 is 41.1 Å². The second kappa shape index (κ2) is 9.54. The van der Waals surface area contributed by atoms with Crippen LogP contribution in [0.5, 0.6) is 0 Å². The van der Waals surface area contributed by atoms with E-state index in [9.17, 15) is 14.4 Å². The molecule has 0 aromatic heterocycles. The molecule has 0 heterocycles. The van der Waals surface area contributed by atoms with Gasteiger partial charge >= 0.3 is 0 Å². The third kappa shape index (κ3) is 6.27. The van der Waals surface area contributed by atoms with Gasteiger partial charge in [0.1, 0.15) is 0 Å². The third-order valence-corrected chi connectivity index (χ3v) is 3.90. The van der Waals surface area contributed by atoms with Crippen LogP contribution in [0.25, 0.3) is 6.08 Å². The summed E-state index contributed by atoms with van der Waals surface area (Å²) in [5.41, 5.74) is 6.24. The van der Waals surface area contributed by atoms with Gasteiger partial charge in [-0.2, -0.15) is 0 Å². The van der Waals surface area contributed by atoms with Gasteiger partial charge in [-0.05, 0) is 42.0 Å². The van der Waals surface area contributed by atoms with E-state index in [1.807, 2.05) is 0 Å². The Hall–Kier alpha value is -3.12. The number of nitrogens with one attached hydrogen (secondary N) is 3. The first-order chi connectivity index (χ1) is 12.9. The van der Waals surface area contributed by atoms with E-state index in [1.54, 1.807) is 68.5 Å². The number of hydrogen-bond donors (Lipinski definition) is 3. The molecular formula is C20H20ClN3O3. The molecule has 3 amide bonds. The summed E-state index contributed by atoms with van der Waals surface area (Å²) in [5.74, 6) is -1.22. The topological polar surface area (TPSA) is 87.3 Å². The molecule has 0 unspecified atom stereocenters. The molecule has 0 saturated carbocycles. The number of hydrazine groups is 1. The number of carbonyl (C=O) groups excluding carboxylic acids is 3. The first kappa shape index (κ1) is 20.2. The van der Waals surface area contributed by atoms with E-state index < -0.39 is 11.8 Å². The van der Waals surface area contributed by atoms with Crippen LogP contribution < -0.4 is 16.2 Å². The summed E-state index contributed by atoms with van der Waals surface area (Å²) >= 11 is 6.00. The van der Waals surface area contributed by atoms with Gasteiger partial charge in [0.05, 0.1) is 0 Å². The highest BCUT2D eigenvalue weighted by atomic mass is 35.5. The minimum absolute atomic E-state index is 0.107. The Balaban J connectivity index is 1.87. The maximum absolute atomic E-state index is 12.1. The molecule has 0 saturated heterocycles. The third-order valence-electron chi connectivity index (χ3n) is 3.56. The van der Waals surface area contributed by atoms with Crippen molar-refractivity contribution in [3.05, 3.63) is 70.8 Å². The average Bonchev–Trinajstić information content (AvgIpc) is 2.66. The Morgan fingerprint density at radius 1 is 0.963 bits per heavy atom. The van der Waals surface area contributed by atoms with Gasteiger partial charge < -0.3 is 5.32 Å². The molecular weight excluding hydrogens is 366 g/mol. The molecule has 27 heavy (non-hydrogen) atoms. The zero-order chi connectivity index (χ0) is 19.8. The summed E-state index contributed by atoms with van der Waals surface area (Å²) in [4.78, 5) is 35.5. The molecule has 7 heteroatoms. The van der Waals surface area contributed by atoms with Crippen molar-refractivity contribution in [2.75, 3.05) is 5.32 Å². The van der Waals surface area contributed by atoms with E-state index >= 15 is 0 Å². The standard InChI is InChI=1S/C20H20ClN3O3/c1-13(2)19(26)22-16-10-7-15(8-11-16)20(27)24-23-18(25)12-9-14-5-3-4-6-17(14)21/h3-13H,1-2H3,(H,22,26)(H,23,25)(H,24,27). The molecule has 0 fully saturated rings. The Morgan fingerprint density at radius 3 is 2.26 bits per heavy atom. The molecule has 2 aromatic carbocycles. The lowest BCUT2D eigenvalue weighted by Crippen LogP contribution is -2.40. The number of hydrogen-bond acceptors (Lipinski definition) is 3. The lowest BCUT2D eigenvalue weighted by molar-refractivity contribution is -0.119. The van der Waals surface area contributed by atoms with Gasteiger partial charge in [0.25, 0.3) is 11.8 Å². The van der Waals surface area contributed by atoms with E-state index in [1.165, 1.54) is 6.08 Å². The molecule has 140 valence electrons. The number of carbonyl (C=O) groups is 3. The van der Waals surface area contributed by atoms with Gasteiger partial charge in [0, 0.05) is 28.3 Å². The highest BCUT2D eigenvalue weighted by Gasteiger charge is 2.09. The molecule has 0 spiro atoms.